The van der Waals surface area contributed by atoms with Crippen LogP contribution in [0.3, 0.4) is 0 Å². The Morgan fingerprint density at radius 1 is 1.07 bits per heavy atom. The van der Waals surface area contributed by atoms with Crippen molar-refractivity contribution in [2.24, 2.45) is 46.3 Å². The maximum Gasteiger partial charge on any atom is 0.178 e. The van der Waals surface area contributed by atoms with Gasteiger partial charge in [-0.25, -0.2) is 0 Å². The van der Waals surface area contributed by atoms with Gasteiger partial charge in [0.15, 0.2) is 5.78 Å². The van der Waals surface area contributed by atoms with E-state index in [0.717, 1.165) is 18.3 Å². The highest BCUT2D eigenvalue weighted by Gasteiger charge is 2.60. The van der Waals surface area contributed by atoms with Crippen molar-refractivity contribution in [1.82, 2.24) is 0 Å². The number of fused-ring (bicyclic) bond motifs is 4. The smallest absolute Gasteiger partial charge is 0.178 e. The molecular formula is C27H42O3. The third-order valence-electron chi connectivity index (χ3n) is 10.3. The quantitative estimate of drug-likeness (QED) is 0.619. The summed E-state index contributed by atoms with van der Waals surface area (Å²) >= 11 is 0. The Balaban J connectivity index is 1.46. The lowest BCUT2D eigenvalue weighted by Crippen LogP contribution is -2.44. The topological polar surface area (TPSA) is 57.5 Å². The third kappa shape index (κ3) is 3.45. The zero-order chi connectivity index (χ0) is 21.7. The average molecular weight is 415 g/mol. The molecule has 0 amide bonds. The van der Waals surface area contributed by atoms with Gasteiger partial charge in [0.05, 0.1) is 12.2 Å². The molecule has 2 N–H and O–H groups in total. The van der Waals surface area contributed by atoms with E-state index in [1.807, 2.05) is 26.0 Å². The summed E-state index contributed by atoms with van der Waals surface area (Å²) in [5, 5.41) is 20.5. The van der Waals surface area contributed by atoms with Crippen molar-refractivity contribution in [3.05, 3.63) is 24.3 Å². The number of ketones is 1. The van der Waals surface area contributed by atoms with E-state index in [2.05, 4.69) is 26.0 Å². The molecule has 0 aromatic heterocycles. The first-order chi connectivity index (χ1) is 14.2. The molecule has 0 unspecified atom stereocenters. The van der Waals surface area contributed by atoms with Gasteiger partial charge in [-0.3, -0.25) is 4.79 Å². The van der Waals surface area contributed by atoms with Gasteiger partial charge >= 0.3 is 0 Å². The number of carbonyl (C=O) groups excluding carboxylic acids is 1. The van der Waals surface area contributed by atoms with Gasteiger partial charge in [-0.1, -0.05) is 39.8 Å². The molecule has 168 valence electrons. The summed E-state index contributed by atoms with van der Waals surface area (Å²) in [4.78, 5) is 11.7. The first-order valence-electron chi connectivity index (χ1n) is 12.4. The predicted molar refractivity (Wildman–Crippen MR) is 121 cm³/mol. The Hall–Kier alpha value is -0.930. The van der Waals surface area contributed by atoms with Gasteiger partial charge in [-0.05, 0) is 104 Å². The fraction of sp³-hybridized carbons (Fsp3) is 0.815. The van der Waals surface area contributed by atoms with E-state index in [4.69, 9.17) is 0 Å². The predicted octanol–water partition coefficient (Wildman–Crippen LogP) is 5.32. The SMILES string of the molecule is CC(C)[C@](O)(CO)CC[C@@H](C)[C@H]1CC[C@H]2[C@@H]3CCC4(C=CC(=O)C=C4)[C@H]3CC[C@]12C. The number of aliphatic hydroxyl groups is 2. The Bertz CT molecular complexity index is 706. The van der Waals surface area contributed by atoms with Gasteiger partial charge in [0.1, 0.15) is 0 Å². The van der Waals surface area contributed by atoms with Crippen LogP contribution in [0.4, 0.5) is 0 Å². The Labute approximate surface area is 183 Å². The molecule has 3 fully saturated rings. The molecule has 1 spiro atoms. The van der Waals surface area contributed by atoms with Crippen molar-refractivity contribution in [2.75, 3.05) is 6.61 Å². The second kappa shape index (κ2) is 7.89. The van der Waals surface area contributed by atoms with E-state index in [1.165, 1.54) is 38.5 Å². The van der Waals surface area contributed by atoms with Crippen molar-refractivity contribution in [3.8, 4) is 0 Å². The number of allylic oxidation sites excluding steroid dienone is 4. The Morgan fingerprint density at radius 2 is 1.77 bits per heavy atom. The molecule has 0 aromatic carbocycles. The van der Waals surface area contributed by atoms with Crippen LogP contribution >= 0.6 is 0 Å². The Morgan fingerprint density at radius 3 is 2.40 bits per heavy atom. The van der Waals surface area contributed by atoms with Crippen molar-refractivity contribution in [1.29, 1.82) is 0 Å². The summed E-state index contributed by atoms with van der Waals surface area (Å²) < 4.78 is 0. The van der Waals surface area contributed by atoms with E-state index in [9.17, 15) is 15.0 Å². The second-order valence-electron chi connectivity index (χ2n) is 11.8. The highest BCUT2D eigenvalue weighted by Crippen LogP contribution is 2.67. The fourth-order valence-electron chi connectivity index (χ4n) is 8.16. The first kappa shape index (κ1) is 22.3. The summed E-state index contributed by atoms with van der Waals surface area (Å²) in [7, 11) is 0. The standard InChI is InChI=1S/C27H42O3/c1-18(2)27(30,17-28)16-7-19(3)22-5-6-23-21-10-15-26(13-8-20(29)9-14-26)24(21)11-12-25(22,23)4/h8-9,13-14,18-19,21-24,28,30H,5-7,10-12,15-17H2,1-4H3/t19-,21+,22-,23+,24+,25-,27-/m1/s1. The lowest BCUT2D eigenvalue weighted by Gasteiger charge is -2.50. The number of aliphatic hydroxyl groups excluding tert-OH is 1. The van der Waals surface area contributed by atoms with Crippen molar-refractivity contribution >= 4 is 5.78 Å². The summed E-state index contributed by atoms with van der Waals surface area (Å²) in [5.41, 5.74) is -0.405. The van der Waals surface area contributed by atoms with Gasteiger partial charge in [0, 0.05) is 5.41 Å². The van der Waals surface area contributed by atoms with E-state index >= 15 is 0 Å². The van der Waals surface area contributed by atoms with Gasteiger partial charge < -0.3 is 10.2 Å². The molecule has 0 aliphatic heterocycles. The maximum absolute atomic E-state index is 11.7. The average Bonchev–Trinajstić information content (AvgIpc) is 3.26. The monoisotopic (exact) mass is 414 g/mol. The van der Waals surface area contributed by atoms with Crippen molar-refractivity contribution in [2.45, 2.75) is 84.7 Å². The van der Waals surface area contributed by atoms with Gasteiger partial charge in [0.2, 0.25) is 0 Å². The van der Waals surface area contributed by atoms with Crippen molar-refractivity contribution in [3.63, 3.8) is 0 Å². The lowest BCUT2D eigenvalue weighted by atomic mass is 9.54. The molecule has 30 heavy (non-hydrogen) atoms. The van der Waals surface area contributed by atoms with Crippen LogP contribution in [-0.4, -0.2) is 28.2 Å². The van der Waals surface area contributed by atoms with Crippen LogP contribution in [0.15, 0.2) is 24.3 Å². The van der Waals surface area contributed by atoms with Crippen LogP contribution in [0.2, 0.25) is 0 Å². The second-order valence-corrected chi connectivity index (χ2v) is 11.8. The van der Waals surface area contributed by atoms with Gasteiger partial charge in [-0.2, -0.15) is 0 Å². The van der Waals surface area contributed by atoms with E-state index < -0.39 is 5.60 Å². The zero-order valence-corrected chi connectivity index (χ0v) is 19.4. The van der Waals surface area contributed by atoms with E-state index in [1.54, 1.807) is 0 Å². The van der Waals surface area contributed by atoms with Crippen LogP contribution in [0, 0.1) is 46.3 Å². The summed E-state index contributed by atoms with van der Waals surface area (Å²) in [5.74, 6) is 3.80. The molecule has 0 bridgehead atoms. The minimum atomic E-state index is -0.945. The molecule has 0 radical (unpaired) electrons. The Kier molecular flexibility index (Phi) is 5.85. The van der Waals surface area contributed by atoms with Crippen LogP contribution in [0.25, 0.3) is 0 Å². The molecule has 4 rings (SSSR count). The molecule has 0 aromatic rings. The molecule has 3 saturated carbocycles. The fourth-order valence-corrected chi connectivity index (χ4v) is 8.16. The molecule has 3 heteroatoms. The molecule has 4 aliphatic rings. The number of carbonyl (C=O) groups is 1. The molecule has 4 aliphatic carbocycles. The molecule has 0 saturated heterocycles. The number of hydrogen-bond acceptors (Lipinski definition) is 3. The number of hydrogen-bond donors (Lipinski definition) is 2. The van der Waals surface area contributed by atoms with Gasteiger partial charge in [-0.15, -0.1) is 0 Å². The largest absolute Gasteiger partial charge is 0.393 e. The highest BCUT2D eigenvalue weighted by molar-refractivity contribution is 6.00. The zero-order valence-electron chi connectivity index (χ0n) is 19.4. The molecule has 7 atom stereocenters. The lowest BCUT2D eigenvalue weighted by molar-refractivity contribution is -0.110. The first-order valence-corrected chi connectivity index (χ1v) is 12.4. The van der Waals surface area contributed by atoms with E-state index in [-0.39, 0.29) is 23.7 Å². The minimum Gasteiger partial charge on any atom is -0.393 e. The van der Waals surface area contributed by atoms with Crippen LogP contribution < -0.4 is 0 Å². The molecular weight excluding hydrogens is 372 g/mol. The molecule has 0 heterocycles. The van der Waals surface area contributed by atoms with E-state index in [0.29, 0.717) is 29.6 Å². The summed E-state index contributed by atoms with van der Waals surface area (Å²) in [6.07, 6.45) is 17.5. The van der Waals surface area contributed by atoms with Crippen LogP contribution in [0.1, 0.15) is 79.1 Å². The van der Waals surface area contributed by atoms with Crippen LogP contribution in [0.5, 0.6) is 0 Å². The minimum absolute atomic E-state index is 0.0789. The maximum atomic E-state index is 11.7. The summed E-state index contributed by atoms with van der Waals surface area (Å²) in [6.45, 7) is 8.82. The van der Waals surface area contributed by atoms with Crippen molar-refractivity contribution < 1.29 is 15.0 Å². The number of rotatable bonds is 6. The van der Waals surface area contributed by atoms with Crippen LogP contribution in [-0.2, 0) is 4.79 Å². The highest BCUT2D eigenvalue weighted by atomic mass is 16.3. The van der Waals surface area contributed by atoms with Gasteiger partial charge in [0.25, 0.3) is 0 Å². The third-order valence-corrected chi connectivity index (χ3v) is 10.3. The molecule has 3 nitrogen and oxygen atoms in total. The normalized spacial score (nSPS) is 39.9. The summed E-state index contributed by atoms with van der Waals surface area (Å²) in [6, 6.07) is 0.